The molecule has 0 fully saturated rings. The number of benzene rings is 1. The van der Waals surface area contributed by atoms with Crippen LogP contribution < -0.4 is 10.2 Å². The molecule has 4 heteroatoms. The quantitative estimate of drug-likeness (QED) is 0.738. The lowest BCUT2D eigenvalue weighted by Gasteiger charge is -2.21. The summed E-state index contributed by atoms with van der Waals surface area (Å²) in [5.74, 6) is 0.101. The van der Waals surface area contributed by atoms with Crippen molar-refractivity contribution in [3.63, 3.8) is 0 Å². The van der Waals surface area contributed by atoms with Gasteiger partial charge in [0.05, 0.1) is 6.54 Å². The predicted octanol–water partition coefficient (Wildman–Crippen LogP) is 1.97. The van der Waals surface area contributed by atoms with E-state index in [2.05, 4.69) is 43.2 Å². The van der Waals surface area contributed by atoms with Crippen molar-refractivity contribution in [2.24, 2.45) is 0 Å². The Hall–Kier alpha value is -1.55. The van der Waals surface area contributed by atoms with Gasteiger partial charge >= 0.3 is 0 Å². The molecular weight excluding hydrogens is 250 g/mol. The number of nitrogens with zero attached hydrogens (tertiary/aromatic N) is 2. The second kappa shape index (κ2) is 8.59. The van der Waals surface area contributed by atoms with Crippen molar-refractivity contribution >= 4 is 11.6 Å². The van der Waals surface area contributed by atoms with Crippen molar-refractivity contribution in [1.29, 1.82) is 0 Å². The van der Waals surface area contributed by atoms with Crippen LogP contribution in [-0.2, 0) is 4.79 Å². The first-order chi connectivity index (χ1) is 9.50. The third-order valence-electron chi connectivity index (χ3n) is 3.46. The van der Waals surface area contributed by atoms with E-state index in [-0.39, 0.29) is 5.91 Å². The van der Waals surface area contributed by atoms with Gasteiger partial charge in [-0.05, 0) is 39.4 Å². The van der Waals surface area contributed by atoms with Gasteiger partial charge in [-0.3, -0.25) is 9.69 Å². The Bertz CT molecular complexity index is 392. The summed E-state index contributed by atoms with van der Waals surface area (Å²) in [4.78, 5) is 15.9. The lowest BCUT2D eigenvalue weighted by Crippen LogP contribution is -2.39. The summed E-state index contributed by atoms with van der Waals surface area (Å²) in [5.41, 5.74) is 1.21. The highest BCUT2D eigenvalue weighted by Crippen LogP contribution is 2.10. The standard InChI is InChI=1S/C16H27N3O/c1-14(2)19(4)13-16(20)17-11-8-12-18(3)15-9-6-5-7-10-15/h5-7,9-10,14H,8,11-13H2,1-4H3,(H,17,20). The van der Waals surface area contributed by atoms with Crippen LogP contribution in [0.5, 0.6) is 0 Å². The third-order valence-corrected chi connectivity index (χ3v) is 3.46. The number of para-hydroxylation sites is 1. The van der Waals surface area contributed by atoms with Gasteiger partial charge in [0, 0.05) is 31.9 Å². The first-order valence-corrected chi connectivity index (χ1v) is 7.24. The molecule has 1 amide bonds. The molecular formula is C16H27N3O. The minimum atomic E-state index is 0.101. The van der Waals surface area contributed by atoms with Gasteiger partial charge < -0.3 is 10.2 Å². The van der Waals surface area contributed by atoms with Crippen LogP contribution in [0.15, 0.2) is 30.3 Å². The van der Waals surface area contributed by atoms with E-state index in [4.69, 9.17) is 0 Å². The van der Waals surface area contributed by atoms with Gasteiger partial charge in [-0.25, -0.2) is 0 Å². The predicted molar refractivity (Wildman–Crippen MR) is 85.1 cm³/mol. The van der Waals surface area contributed by atoms with E-state index in [9.17, 15) is 4.79 Å². The zero-order chi connectivity index (χ0) is 15.0. The molecule has 0 atom stereocenters. The van der Waals surface area contributed by atoms with Gasteiger partial charge in [0.15, 0.2) is 0 Å². The summed E-state index contributed by atoms with van der Waals surface area (Å²) in [5, 5.41) is 2.97. The highest BCUT2D eigenvalue weighted by atomic mass is 16.2. The summed E-state index contributed by atoms with van der Waals surface area (Å²) in [6.45, 7) is 6.29. The molecule has 0 unspecified atom stereocenters. The fourth-order valence-corrected chi connectivity index (χ4v) is 1.82. The van der Waals surface area contributed by atoms with Crippen molar-refractivity contribution in [3.05, 3.63) is 30.3 Å². The fraction of sp³-hybridized carbons (Fsp3) is 0.562. The van der Waals surface area contributed by atoms with Crippen molar-refractivity contribution < 1.29 is 4.79 Å². The average Bonchev–Trinajstić information content (AvgIpc) is 2.44. The topological polar surface area (TPSA) is 35.6 Å². The Labute approximate surface area is 122 Å². The van der Waals surface area contributed by atoms with Crippen LogP contribution in [0.25, 0.3) is 0 Å². The van der Waals surface area contributed by atoms with Gasteiger partial charge in [-0.1, -0.05) is 18.2 Å². The van der Waals surface area contributed by atoms with Gasteiger partial charge in [-0.2, -0.15) is 0 Å². The van der Waals surface area contributed by atoms with Crippen molar-refractivity contribution in [1.82, 2.24) is 10.2 Å². The summed E-state index contributed by atoms with van der Waals surface area (Å²) in [6.07, 6.45) is 0.947. The van der Waals surface area contributed by atoms with Crippen LogP contribution in [-0.4, -0.2) is 50.6 Å². The number of hydrogen-bond acceptors (Lipinski definition) is 3. The van der Waals surface area contributed by atoms with Crippen molar-refractivity contribution in [2.45, 2.75) is 26.3 Å². The number of likely N-dealkylation sites (N-methyl/N-ethyl adjacent to an activating group) is 1. The molecule has 0 aliphatic carbocycles. The smallest absolute Gasteiger partial charge is 0.234 e. The maximum Gasteiger partial charge on any atom is 0.234 e. The molecule has 0 bridgehead atoms. The average molecular weight is 277 g/mol. The van der Waals surface area contributed by atoms with E-state index in [0.29, 0.717) is 12.6 Å². The normalized spacial score (nSPS) is 10.9. The molecule has 0 saturated carbocycles. The number of hydrogen-bond donors (Lipinski definition) is 1. The van der Waals surface area contributed by atoms with E-state index in [1.165, 1.54) is 5.69 Å². The van der Waals surface area contributed by atoms with Crippen LogP contribution in [0, 0.1) is 0 Å². The highest BCUT2D eigenvalue weighted by molar-refractivity contribution is 5.77. The van der Waals surface area contributed by atoms with Gasteiger partial charge in [-0.15, -0.1) is 0 Å². The van der Waals surface area contributed by atoms with Crippen LogP contribution >= 0.6 is 0 Å². The Morgan fingerprint density at radius 3 is 2.45 bits per heavy atom. The van der Waals surface area contributed by atoms with Gasteiger partial charge in [0.1, 0.15) is 0 Å². The third kappa shape index (κ3) is 6.06. The van der Waals surface area contributed by atoms with Crippen LogP contribution in [0.3, 0.4) is 0 Å². The number of anilines is 1. The largest absolute Gasteiger partial charge is 0.375 e. The van der Waals surface area contributed by atoms with Gasteiger partial charge in [0.2, 0.25) is 5.91 Å². The van der Waals surface area contributed by atoms with Gasteiger partial charge in [0.25, 0.3) is 0 Å². The molecule has 0 radical (unpaired) electrons. The highest BCUT2D eigenvalue weighted by Gasteiger charge is 2.08. The van der Waals surface area contributed by atoms with Crippen molar-refractivity contribution in [2.75, 3.05) is 38.6 Å². The lowest BCUT2D eigenvalue weighted by molar-refractivity contribution is -0.122. The van der Waals surface area contributed by atoms with Crippen molar-refractivity contribution in [3.8, 4) is 0 Å². The molecule has 1 aromatic rings. The molecule has 1 aromatic carbocycles. The SMILES string of the molecule is CC(C)N(C)CC(=O)NCCCN(C)c1ccccc1. The second-order valence-corrected chi connectivity index (χ2v) is 5.47. The first-order valence-electron chi connectivity index (χ1n) is 7.24. The van der Waals surface area contributed by atoms with E-state index in [1.807, 2.05) is 30.1 Å². The number of nitrogens with one attached hydrogen (secondary N) is 1. The van der Waals surface area contributed by atoms with E-state index < -0.39 is 0 Å². The van der Waals surface area contributed by atoms with Crippen LogP contribution in [0.4, 0.5) is 5.69 Å². The molecule has 1 N–H and O–H groups in total. The number of amides is 1. The van der Waals surface area contributed by atoms with Crippen LogP contribution in [0.1, 0.15) is 20.3 Å². The van der Waals surface area contributed by atoms with E-state index >= 15 is 0 Å². The molecule has 1 rings (SSSR count). The molecule has 0 aliphatic rings. The molecule has 0 aromatic heterocycles. The molecule has 0 spiro atoms. The molecule has 4 nitrogen and oxygen atoms in total. The molecule has 0 aliphatic heterocycles. The summed E-state index contributed by atoms with van der Waals surface area (Å²) >= 11 is 0. The van der Waals surface area contributed by atoms with E-state index in [0.717, 1.165) is 19.5 Å². The minimum Gasteiger partial charge on any atom is -0.375 e. The Morgan fingerprint density at radius 1 is 1.20 bits per heavy atom. The molecule has 0 saturated heterocycles. The molecule has 112 valence electrons. The molecule has 0 heterocycles. The van der Waals surface area contributed by atoms with Crippen LogP contribution in [0.2, 0.25) is 0 Å². The second-order valence-electron chi connectivity index (χ2n) is 5.47. The zero-order valence-corrected chi connectivity index (χ0v) is 13.1. The maximum absolute atomic E-state index is 11.7. The Balaban J connectivity index is 2.17. The zero-order valence-electron chi connectivity index (χ0n) is 13.1. The first kappa shape index (κ1) is 16.5. The maximum atomic E-state index is 11.7. The summed E-state index contributed by atoms with van der Waals surface area (Å²) in [7, 11) is 4.04. The molecule has 20 heavy (non-hydrogen) atoms. The minimum absolute atomic E-state index is 0.101. The Morgan fingerprint density at radius 2 is 1.85 bits per heavy atom. The van der Waals surface area contributed by atoms with E-state index in [1.54, 1.807) is 0 Å². The lowest BCUT2D eigenvalue weighted by atomic mass is 10.3. The Kier molecular flexibility index (Phi) is 7.09. The number of carbonyl (C=O) groups excluding carboxylic acids is 1. The number of rotatable bonds is 8. The summed E-state index contributed by atoms with van der Waals surface area (Å²) < 4.78 is 0. The number of carbonyl (C=O) groups is 1. The summed E-state index contributed by atoms with van der Waals surface area (Å²) in [6, 6.07) is 10.7. The monoisotopic (exact) mass is 277 g/mol. The fourth-order valence-electron chi connectivity index (χ4n) is 1.82.